The lowest BCUT2D eigenvalue weighted by molar-refractivity contribution is -0.0802. The molecule has 0 spiro atoms. The average molecular weight is 391 g/mol. The third-order valence-corrected chi connectivity index (χ3v) is 4.76. The predicted octanol–water partition coefficient (Wildman–Crippen LogP) is -2.54. The Morgan fingerprint density at radius 1 is 1.07 bits per heavy atom. The number of nitrogen functional groups attached to an aromatic ring is 1. The Labute approximate surface area is 158 Å². The Bertz CT molecular complexity index is 1120. The molecule has 0 amide bonds. The fourth-order valence-corrected chi connectivity index (χ4v) is 2.95. The first-order valence-electron chi connectivity index (χ1n) is 8.50. The molecule has 1 aromatic rings. The summed E-state index contributed by atoms with van der Waals surface area (Å²) in [4.78, 5) is 32.4. The van der Waals surface area contributed by atoms with Gasteiger partial charge in [-0.15, -0.1) is 0 Å². The van der Waals surface area contributed by atoms with Crippen LogP contribution in [0.2, 0.25) is 0 Å². The number of aliphatic hydroxyl groups excluding tert-OH is 4. The maximum absolute atomic E-state index is 12.4. The van der Waals surface area contributed by atoms with Crippen LogP contribution >= 0.6 is 0 Å². The van der Waals surface area contributed by atoms with Gasteiger partial charge in [0.15, 0.2) is 11.5 Å². The summed E-state index contributed by atoms with van der Waals surface area (Å²) in [5.41, 5.74) is 0.628. The summed E-state index contributed by atoms with van der Waals surface area (Å²) < 4.78 is 1.71. The molecule has 3 atom stereocenters. The zero-order chi connectivity index (χ0) is 20.7. The molecule has 2 heterocycles. The highest BCUT2D eigenvalue weighted by atomic mass is 16.4. The number of aliphatic hydroxyl groups is 4. The van der Waals surface area contributed by atoms with Crippen LogP contribution in [-0.4, -0.2) is 64.6 Å². The summed E-state index contributed by atoms with van der Waals surface area (Å²) in [6, 6.07) is 3.48. The van der Waals surface area contributed by atoms with E-state index in [4.69, 9.17) is 10.9 Å². The zero-order valence-electron chi connectivity index (χ0n) is 15.3. The van der Waals surface area contributed by atoms with Gasteiger partial charge in [-0.3, -0.25) is 4.79 Å². The molecule has 150 valence electrons. The quantitative estimate of drug-likeness (QED) is 0.232. The maximum atomic E-state index is 12.4. The van der Waals surface area contributed by atoms with Crippen molar-refractivity contribution in [2.45, 2.75) is 38.7 Å². The van der Waals surface area contributed by atoms with E-state index in [0.717, 1.165) is 11.1 Å². The van der Waals surface area contributed by atoms with Crippen molar-refractivity contribution in [3.63, 3.8) is 0 Å². The van der Waals surface area contributed by atoms with Crippen LogP contribution in [0.15, 0.2) is 21.7 Å². The Kier molecular flexibility index (Phi) is 5.17. The van der Waals surface area contributed by atoms with E-state index in [2.05, 4.69) is 9.97 Å². The minimum Gasteiger partial charge on any atom is -0.394 e. The highest BCUT2D eigenvalue weighted by molar-refractivity contribution is 5.81. The first-order chi connectivity index (χ1) is 13.1. The number of aryl methyl sites for hydroxylation is 2. The number of hydrogen-bond acceptors (Lipinski definition) is 9. The number of benzene rings is 1. The number of nitrogens with two attached hydrogens (primary N) is 1. The van der Waals surface area contributed by atoms with Crippen LogP contribution in [0.4, 0.5) is 0 Å². The van der Waals surface area contributed by atoms with Crippen LogP contribution in [0.3, 0.4) is 0 Å². The Morgan fingerprint density at radius 2 is 1.71 bits per heavy atom. The van der Waals surface area contributed by atoms with Crippen LogP contribution in [0, 0.1) is 13.8 Å². The standard InChI is InChI=1S/C17H21N5O6/c1-7-3-9-10(4-8(7)2)21(5-11(24)14(26)12(25)6-23)15-13(19-9)16(27)22(18)17(28)20-15/h3-4,11-12,14,23-26H,5-6,18H2,1-2H3. The Balaban J connectivity index is 2.32. The Morgan fingerprint density at radius 3 is 2.36 bits per heavy atom. The van der Waals surface area contributed by atoms with E-state index < -0.39 is 36.2 Å². The normalized spacial score (nSPS) is 15.1. The van der Waals surface area contributed by atoms with Gasteiger partial charge in [-0.25, -0.2) is 9.78 Å². The molecule has 28 heavy (non-hydrogen) atoms. The van der Waals surface area contributed by atoms with E-state index in [1.165, 1.54) is 4.57 Å². The van der Waals surface area contributed by atoms with E-state index in [1.807, 2.05) is 13.8 Å². The molecule has 11 heteroatoms. The van der Waals surface area contributed by atoms with Gasteiger partial charge in [0.05, 0.1) is 24.2 Å². The number of nitrogens with zero attached hydrogens (tertiary/aromatic N) is 4. The van der Waals surface area contributed by atoms with Crippen molar-refractivity contribution in [1.29, 1.82) is 0 Å². The second kappa shape index (κ2) is 7.28. The minimum atomic E-state index is -1.66. The van der Waals surface area contributed by atoms with Gasteiger partial charge in [-0.2, -0.15) is 9.66 Å². The second-order valence-corrected chi connectivity index (χ2v) is 6.70. The molecule has 0 saturated heterocycles. The van der Waals surface area contributed by atoms with E-state index in [1.54, 1.807) is 12.1 Å². The fraction of sp³-hybridized carbons (Fsp3) is 0.412. The molecule has 3 rings (SSSR count). The van der Waals surface area contributed by atoms with Gasteiger partial charge in [-0.1, -0.05) is 0 Å². The number of aromatic nitrogens is 4. The molecule has 0 saturated carbocycles. The van der Waals surface area contributed by atoms with Crippen LogP contribution in [0.25, 0.3) is 22.6 Å². The van der Waals surface area contributed by atoms with Crippen LogP contribution in [0.1, 0.15) is 11.1 Å². The maximum Gasteiger partial charge on any atom is 0.371 e. The summed E-state index contributed by atoms with van der Waals surface area (Å²) in [5, 5.41) is 38.9. The lowest BCUT2D eigenvalue weighted by Crippen LogP contribution is -2.45. The molecule has 0 aliphatic carbocycles. The number of fused-ring (bicyclic) bond motifs is 2. The first kappa shape index (κ1) is 19.9. The first-order valence-corrected chi connectivity index (χ1v) is 8.50. The van der Waals surface area contributed by atoms with Crippen molar-refractivity contribution < 1.29 is 20.4 Å². The molecular weight excluding hydrogens is 370 g/mol. The minimum absolute atomic E-state index is 0.114. The van der Waals surface area contributed by atoms with Crippen molar-refractivity contribution in [1.82, 2.24) is 19.2 Å². The molecule has 0 fully saturated rings. The van der Waals surface area contributed by atoms with Crippen molar-refractivity contribution in [3.05, 3.63) is 44.1 Å². The third kappa shape index (κ3) is 3.24. The van der Waals surface area contributed by atoms with E-state index in [9.17, 15) is 24.9 Å². The summed E-state index contributed by atoms with van der Waals surface area (Å²) in [5.74, 6) is 5.32. The van der Waals surface area contributed by atoms with Crippen LogP contribution in [0.5, 0.6) is 0 Å². The predicted molar refractivity (Wildman–Crippen MR) is 99.4 cm³/mol. The number of hydrogen-bond donors (Lipinski definition) is 5. The highest BCUT2D eigenvalue weighted by Crippen LogP contribution is 2.24. The molecule has 0 radical (unpaired) electrons. The van der Waals surface area contributed by atoms with Gasteiger partial charge in [0.25, 0.3) is 0 Å². The van der Waals surface area contributed by atoms with Crippen molar-refractivity contribution in [2.75, 3.05) is 12.4 Å². The van der Waals surface area contributed by atoms with E-state index in [-0.39, 0.29) is 18.1 Å². The van der Waals surface area contributed by atoms with Crippen LogP contribution < -0.4 is 17.1 Å². The lowest BCUT2D eigenvalue weighted by atomic mass is 10.1. The summed E-state index contributed by atoms with van der Waals surface area (Å²) >= 11 is 0. The van der Waals surface area contributed by atoms with Crippen molar-refractivity contribution in [2.24, 2.45) is 0 Å². The van der Waals surface area contributed by atoms with E-state index in [0.29, 0.717) is 15.7 Å². The largest absolute Gasteiger partial charge is 0.394 e. The topological polar surface area (TPSA) is 177 Å². The van der Waals surface area contributed by atoms with Crippen LogP contribution in [-0.2, 0) is 6.54 Å². The fourth-order valence-electron chi connectivity index (χ4n) is 2.95. The summed E-state index contributed by atoms with van der Waals surface area (Å²) in [6.07, 6.45) is -4.76. The average Bonchev–Trinajstić information content (AvgIpc) is 2.67. The molecule has 2 aliphatic rings. The van der Waals surface area contributed by atoms with Gasteiger partial charge in [0.2, 0.25) is 0 Å². The molecule has 0 aromatic heterocycles. The SMILES string of the molecule is Cc1cc2nc3c(=O)n(N)c(=O)nc-3n(CC(O)C(O)C(O)CO)c2cc1C. The lowest BCUT2D eigenvalue weighted by Gasteiger charge is -2.25. The number of rotatable bonds is 5. The zero-order valence-corrected chi connectivity index (χ0v) is 15.3. The Hall–Kier alpha value is -2.86. The molecular formula is C17H21N5O6. The van der Waals surface area contributed by atoms with Gasteiger partial charge >= 0.3 is 11.2 Å². The second-order valence-electron chi connectivity index (χ2n) is 6.70. The van der Waals surface area contributed by atoms with Crippen molar-refractivity contribution in [3.8, 4) is 11.5 Å². The summed E-state index contributed by atoms with van der Waals surface area (Å²) in [6.45, 7) is 2.65. The third-order valence-electron chi connectivity index (χ3n) is 4.76. The monoisotopic (exact) mass is 391 g/mol. The molecule has 2 aliphatic heterocycles. The smallest absolute Gasteiger partial charge is 0.371 e. The van der Waals surface area contributed by atoms with Gasteiger partial charge in [-0.05, 0) is 37.1 Å². The van der Waals surface area contributed by atoms with Gasteiger partial charge in [0.1, 0.15) is 18.3 Å². The molecule has 6 N–H and O–H groups in total. The van der Waals surface area contributed by atoms with E-state index >= 15 is 0 Å². The molecule has 0 bridgehead atoms. The van der Waals surface area contributed by atoms with Gasteiger partial charge < -0.3 is 30.8 Å². The van der Waals surface area contributed by atoms with Crippen molar-refractivity contribution >= 4 is 11.0 Å². The molecule has 3 unspecified atom stereocenters. The van der Waals surface area contributed by atoms with Gasteiger partial charge in [0, 0.05) is 0 Å². The summed E-state index contributed by atoms with van der Waals surface area (Å²) in [7, 11) is 0. The molecule has 11 nitrogen and oxygen atoms in total. The highest BCUT2D eigenvalue weighted by Gasteiger charge is 2.28. The molecule has 1 aromatic carbocycles.